The maximum absolute atomic E-state index is 6.49. The molecule has 1 fully saturated rings. The molecule has 0 aromatic heterocycles. The molecule has 0 aliphatic carbocycles. The number of nitrogens with two attached hydrogens (primary N) is 1. The molecule has 98 valence electrons. The standard InChI is InChI=1S/C14H20N2OS/c1-16-12-4-3-9(17-2)7-10(12)14(15)11-8-18-6-5-13(11)16/h3-4,7,11,13-14H,5-6,8,15H2,1-2H3. The Balaban J connectivity index is 2.04. The first-order valence-corrected chi connectivity index (χ1v) is 7.62. The number of anilines is 1. The fourth-order valence-corrected chi connectivity index (χ4v) is 4.51. The normalized spacial score (nSPS) is 30.6. The van der Waals surface area contributed by atoms with Crippen molar-refractivity contribution in [1.29, 1.82) is 0 Å². The second kappa shape index (κ2) is 4.67. The van der Waals surface area contributed by atoms with Gasteiger partial charge in [0.25, 0.3) is 0 Å². The highest BCUT2D eigenvalue weighted by Crippen LogP contribution is 2.44. The molecule has 2 N–H and O–H groups in total. The van der Waals surface area contributed by atoms with Crippen LogP contribution in [0, 0.1) is 5.92 Å². The highest BCUT2D eigenvalue weighted by molar-refractivity contribution is 7.99. The fraction of sp³-hybridized carbons (Fsp3) is 0.571. The van der Waals surface area contributed by atoms with Crippen LogP contribution in [0.2, 0.25) is 0 Å². The van der Waals surface area contributed by atoms with E-state index < -0.39 is 0 Å². The lowest BCUT2D eigenvalue weighted by atomic mass is 9.81. The first kappa shape index (κ1) is 12.2. The Hall–Kier alpha value is -0.870. The van der Waals surface area contributed by atoms with Gasteiger partial charge in [0.2, 0.25) is 0 Å². The number of thioether (sulfide) groups is 1. The minimum Gasteiger partial charge on any atom is -0.497 e. The number of hydrogen-bond donors (Lipinski definition) is 1. The molecule has 3 unspecified atom stereocenters. The van der Waals surface area contributed by atoms with Gasteiger partial charge in [-0.25, -0.2) is 0 Å². The molecule has 0 radical (unpaired) electrons. The quantitative estimate of drug-likeness (QED) is 0.844. The van der Waals surface area contributed by atoms with Crippen LogP contribution in [0.4, 0.5) is 5.69 Å². The maximum Gasteiger partial charge on any atom is 0.119 e. The second-order valence-corrected chi connectivity index (χ2v) is 6.31. The molecule has 1 aromatic rings. The lowest BCUT2D eigenvalue weighted by Gasteiger charge is -2.47. The molecule has 2 aliphatic rings. The third-order valence-corrected chi connectivity index (χ3v) is 5.44. The first-order valence-electron chi connectivity index (χ1n) is 6.46. The van der Waals surface area contributed by atoms with Crippen molar-refractivity contribution in [3.63, 3.8) is 0 Å². The summed E-state index contributed by atoms with van der Waals surface area (Å²) in [5.74, 6) is 3.89. The zero-order valence-electron chi connectivity index (χ0n) is 10.9. The number of nitrogens with zero attached hydrogens (tertiary/aromatic N) is 1. The molecule has 0 saturated carbocycles. The average molecular weight is 264 g/mol. The van der Waals surface area contributed by atoms with E-state index in [0.29, 0.717) is 12.0 Å². The third-order valence-electron chi connectivity index (χ3n) is 4.30. The molecule has 2 aliphatic heterocycles. The van der Waals surface area contributed by atoms with Crippen LogP contribution in [-0.2, 0) is 0 Å². The van der Waals surface area contributed by atoms with Crippen LogP contribution >= 0.6 is 11.8 Å². The van der Waals surface area contributed by atoms with E-state index >= 15 is 0 Å². The zero-order chi connectivity index (χ0) is 12.7. The van der Waals surface area contributed by atoms with Crippen LogP contribution in [0.25, 0.3) is 0 Å². The maximum atomic E-state index is 6.49. The van der Waals surface area contributed by atoms with Crippen molar-refractivity contribution >= 4 is 17.4 Å². The summed E-state index contributed by atoms with van der Waals surface area (Å²) in [5, 5.41) is 0. The van der Waals surface area contributed by atoms with Crippen LogP contribution in [-0.4, -0.2) is 31.7 Å². The van der Waals surface area contributed by atoms with Gasteiger partial charge in [0.15, 0.2) is 0 Å². The summed E-state index contributed by atoms with van der Waals surface area (Å²) >= 11 is 2.03. The minimum atomic E-state index is 0.143. The van der Waals surface area contributed by atoms with E-state index in [1.807, 2.05) is 17.8 Å². The molecule has 0 amide bonds. The van der Waals surface area contributed by atoms with E-state index in [4.69, 9.17) is 10.5 Å². The van der Waals surface area contributed by atoms with Crippen molar-refractivity contribution in [2.24, 2.45) is 11.7 Å². The van der Waals surface area contributed by atoms with Gasteiger partial charge in [0.05, 0.1) is 7.11 Å². The van der Waals surface area contributed by atoms with Crippen LogP contribution < -0.4 is 15.4 Å². The number of fused-ring (bicyclic) bond motifs is 2. The lowest BCUT2D eigenvalue weighted by molar-refractivity contribution is 0.344. The molecule has 0 bridgehead atoms. The van der Waals surface area contributed by atoms with E-state index in [2.05, 4.69) is 24.1 Å². The fourth-order valence-electron chi connectivity index (χ4n) is 3.23. The van der Waals surface area contributed by atoms with Crippen molar-refractivity contribution in [1.82, 2.24) is 0 Å². The van der Waals surface area contributed by atoms with Gasteiger partial charge < -0.3 is 15.4 Å². The molecule has 3 atom stereocenters. The monoisotopic (exact) mass is 264 g/mol. The van der Waals surface area contributed by atoms with Crippen LogP contribution in [0.5, 0.6) is 5.75 Å². The zero-order valence-corrected chi connectivity index (χ0v) is 11.7. The van der Waals surface area contributed by atoms with Crippen molar-refractivity contribution < 1.29 is 4.74 Å². The summed E-state index contributed by atoms with van der Waals surface area (Å²) in [6.45, 7) is 0. The number of hydrogen-bond acceptors (Lipinski definition) is 4. The van der Waals surface area contributed by atoms with Crippen molar-refractivity contribution in [2.75, 3.05) is 30.6 Å². The summed E-state index contributed by atoms with van der Waals surface area (Å²) in [6, 6.07) is 7.02. The molecular formula is C14H20N2OS. The summed E-state index contributed by atoms with van der Waals surface area (Å²) in [6.07, 6.45) is 1.24. The highest BCUT2D eigenvalue weighted by Gasteiger charge is 2.39. The molecule has 2 heterocycles. The van der Waals surface area contributed by atoms with Crippen molar-refractivity contribution in [3.05, 3.63) is 23.8 Å². The number of methoxy groups -OCH3 is 1. The Kier molecular flexibility index (Phi) is 3.16. The predicted molar refractivity (Wildman–Crippen MR) is 77.5 cm³/mol. The Morgan fingerprint density at radius 2 is 2.28 bits per heavy atom. The lowest BCUT2D eigenvalue weighted by Crippen LogP contribution is -2.50. The molecule has 3 nitrogen and oxygen atoms in total. The van der Waals surface area contributed by atoms with E-state index in [9.17, 15) is 0 Å². The molecule has 1 saturated heterocycles. The van der Waals surface area contributed by atoms with Crippen molar-refractivity contribution in [2.45, 2.75) is 18.5 Å². The Labute approximate surface area is 113 Å². The van der Waals surface area contributed by atoms with Gasteiger partial charge in [-0.15, -0.1) is 0 Å². The average Bonchev–Trinajstić information content (AvgIpc) is 2.44. The van der Waals surface area contributed by atoms with Gasteiger partial charge in [-0.2, -0.15) is 11.8 Å². The predicted octanol–water partition coefficient (Wildman–Crippen LogP) is 2.27. The van der Waals surface area contributed by atoms with E-state index in [-0.39, 0.29) is 6.04 Å². The molecule has 1 aromatic carbocycles. The SMILES string of the molecule is COc1ccc2c(c1)C(N)C1CSCCC1N2C. The first-order chi connectivity index (χ1) is 8.72. The summed E-state index contributed by atoms with van der Waals surface area (Å²) in [7, 11) is 3.91. The van der Waals surface area contributed by atoms with Gasteiger partial charge in [0.1, 0.15) is 5.75 Å². The third kappa shape index (κ3) is 1.79. The van der Waals surface area contributed by atoms with Gasteiger partial charge in [-0.3, -0.25) is 0 Å². The molecule has 18 heavy (non-hydrogen) atoms. The van der Waals surface area contributed by atoms with E-state index in [0.717, 1.165) is 5.75 Å². The topological polar surface area (TPSA) is 38.5 Å². The molecule has 0 spiro atoms. The summed E-state index contributed by atoms with van der Waals surface area (Å²) in [5.41, 5.74) is 9.00. The number of benzene rings is 1. The van der Waals surface area contributed by atoms with Gasteiger partial charge >= 0.3 is 0 Å². The second-order valence-electron chi connectivity index (χ2n) is 5.16. The smallest absolute Gasteiger partial charge is 0.119 e. The number of rotatable bonds is 1. The Morgan fingerprint density at radius 3 is 3.06 bits per heavy atom. The van der Waals surface area contributed by atoms with Gasteiger partial charge in [-0.05, 0) is 41.7 Å². The minimum absolute atomic E-state index is 0.143. The van der Waals surface area contributed by atoms with Gasteiger partial charge in [0, 0.05) is 30.7 Å². The van der Waals surface area contributed by atoms with Crippen LogP contribution in [0.3, 0.4) is 0 Å². The van der Waals surface area contributed by atoms with Gasteiger partial charge in [-0.1, -0.05) is 0 Å². The Morgan fingerprint density at radius 1 is 1.44 bits per heavy atom. The Bertz CT molecular complexity index is 451. The summed E-state index contributed by atoms with van der Waals surface area (Å²) < 4.78 is 5.32. The van der Waals surface area contributed by atoms with E-state index in [1.165, 1.54) is 29.2 Å². The van der Waals surface area contributed by atoms with Crippen LogP contribution in [0.15, 0.2) is 18.2 Å². The van der Waals surface area contributed by atoms with Crippen molar-refractivity contribution in [3.8, 4) is 5.75 Å². The molecular weight excluding hydrogens is 244 g/mol. The highest BCUT2D eigenvalue weighted by atomic mass is 32.2. The van der Waals surface area contributed by atoms with Crippen LogP contribution in [0.1, 0.15) is 18.0 Å². The van der Waals surface area contributed by atoms with E-state index in [1.54, 1.807) is 7.11 Å². The molecule has 4 heteroatoms. The number of ether oxygens (including phenoxy) is 1. The largest absolute Gasteiger partial charge is 0.497 e. The summed E-state index contributed by atoms with van der Waals surface area (Å²) in [4.78, 5) is 2.42. The molecule has 3 rings (SSSR count).